The zero-order valence-electron chi connectivity index (χ0n) is 4.56. The van der Waals surface area contributed by atoms with E-state index in [9.17, 15) is 4.79 Å². The summed E-state index contributed by atoms with van der Waals surface area (Å²) in [6, 6.07) is 0. The van der Waals surface area contributed by atoms with Gasteiger partial charge in [0.1, 0.15) is 0 Å². The van der Waals surface area contributed by atoms with Crippen molar-refractivity contribution in [2.45, 2.75) is 16.1 Å². The van der Waals surface area contributed by atoms with Crippen molar-refractivity contribution < 1.29 is 35.7 Å². The molecule has 0 aliphatic rings. The average molecular weight is 175 g/mol. The Morgan fingerprint density at radius 2 is 1.86 bits per heavy atom. The van der Waals surface area contributed by atoms with Gasteiger partial charge in [-0.1, -0.05) is 0 Å². The molecule has 0 heterocycles. The van der Waals surface area contributed by atoms with Crippen molar-refractivity contribution in [3.63, 3.8) is 0 Å². The van der Waals surface area contributed by atoms with E-state index >= 15 is 0 Å². The number of rotatable bonds is 1. The van der Waals surface area contributed by atoms with Gasteiger partial charge < -0.3 is 0 Å². The van der Waals surface area contributed by atoms with Crippen molar-refractivity contribution in [3.05, 3.63) is 0 Å². The van der Waals surface area contributed by atoms with E-state index in [1.807, 2.05) is 13.8 Å². The fourth-order valence-electron chi connectivity index (χ4n) is 0. The topological polar surface area (TPSA) is 43.1 Å². The molecule has 3 heteroatoms. The van der Waals surface area contributed by atoms with Gasteiger partial charge in [0, 0.05) is 0 Å². The number of hydrogen-bond donors (Lipinski definition) is 1. The predicted octanol–water partition coefficient (Wildman–Crippen LogP) is 0.217. The van der Waals surface area contributed by atoms with Crippen LogP contribution in [0.5, 0.6) is 0 Å². The van der Waals surface area contributed by atoms with Gasteiger partial charge in [-0.25, -0.2) is 0 Å². The first-order valence-corrected chi connectivity index (χ1v) is 3.45. The Labute approximate surface area is 63.3 Å². The molecule has 0 spiro atoms. The normalized spacial score (nSPS) is 11.0. The number of nitrogens with two attached hydrogens (primary N) is 1. The van der Waals surface area contributed by atoms with E-state index in [0.29, 0.717) is 0 Å². The number of carbonyl (C=O) groups excluding carboxylic acids is 1. The van der Waals surface area contributed by atoms with E-state index in [-0.39, 0.29) is 8.13 Å². The molecule has 0 aliphatic heterocycles. The van der Waals surface area contributed by atoms with Gasteiger partial charge in [-0.3, -0.25) is 0 Å². The zero-order chi connectivity index (χ0) is 6.08. The second-order valence-electron chi connectivity index (χ2n) is 2.09. The Hall–Kier alpha value is 0.574. The summed E-state index contributed by atoms with van der Waals surface area (Å²) in [5.74, 6) is -0.199. The van der Waals surface area contributed by atoms with Crippen molar-refractivity contribution in [1.82, 2.24) is 0 Å². The third-order valence-electron chi connectivity index (χ3n) is 0.635. The number of hydrogen-bond acceptors (Lipinski definition) is 1. The summed E-state index contributed by atoms with van der Waals surface area (Å²) in [5, 5.41) is 0. The molecular weight excluding hydrogens is 167 g/mol. The van der Waals surface area contributed by atoms with Crippen LogP contribution < -0.4 is 5.73 Å². The van der Waals surface area contributed by atoms with Crippen LogP contribution >= 0.6 is 0 Å². The molecule has 7 heavy (non-hydrogen) atoms. The Kier molecular flexibility index (Phi) is 2.41. The molecule has 0 aromatic heterocycles. The quantitative estimate of drug-likeness (QED) is 0.608. The summed E-state index contributed by atoms with van der Waals surface area (Å²) < 4.78 is -0.231. The van der Waals surface area contributed by atoms with Crippen molar-refractivity contribution in [2.75, 3.05) is 0 Å². The van der Waals surface area contributed by atoms with Gasteiger partial charge in [0.15, 0.2) is 0 Å². The van der Waals surface area contributed by atoms with Crippen molar-refractivity contribution in [2.24, 2.45) is 5.73 Å². The third kappa shape index (κ3) is 3.18. The summed E-state index contributed by atoms with van der Waals surface area (Å²) in [6.45, 7) is 3.69. The molecule has 1 amide bonds. The maximum absolute atomic E-state index is 10.3. The van der Waals surface area contributed by atoms with E-state index in [0.717, 1.165) is 31.0 Å². The summed E-state index contributed by atoms with van der Waals surface area (Å²) in [4.78, 5) is 10.3. The zero-order valence-corrected chi connectivity index (χ0v) is 7.40. The standard InChI is InChI=1S/C4H8NO.Y/c1-3(2)4(5)6;/h1-2H3,(H2,5,6);. The SMILES string of the molecule is C[C](C)([Y])C(N)=O. The second-order valence-corrected chi connectivity index (χ2v) is 5.63. The van der Waals surface area contributed by atoms with Crippen LogP contribution in [0.3, 0.4) is 0 Å². The van der Waals surface area contributed by atoms with Crippen molar-refractivity contribution in [3.8, 4) is 0 Å². The molecule has 2 nitrogen and oxygen atoms in total. The Morgan fingerprint density at radius 1 is 1.71 bits per heavy atom. The van der Waals surface area contributed by atoms with Crippen LogP contribution in [0.2, 0.25) is 2.23 Å². The summed E-state index contributed by atoms with van der Waals surface area (Å²) >= 11 is 0.899. The summed E-state index contributed by atoms with van der Waals surface area (Å²) in [7, 11) is 0. The van der Waals surface area contributed by atoms with Gasteiger partial charge in [0.05, 0.1) is 0 Å². The van der Waals surface area contributed by atoms with Crippen LogP contribution in [0.4, 0.5) is 0 Å². The van der Waals surface area contributed by atoms with Gasteiger partial charge in [0.2, 0.25) is 0 Å². The molecule has 0 saturated heterocycles. The van der Waals surface area contributed by atoms with Crippen molar-refractivity contribution in [1.29, 1.82) is 0 Å². The van der Waals surface area contributed by atoms with Crippen LogP contribution in [0.25, 0.3) is 0 Å². The molecule has 0 fully saturated rings. The van der Waals surface area contributed by atoms with Gasteiger partial charge >= 0.3 is 63.5 Å². The van der Waals surface area contributed by atoms with E-state index in [2.05, 4.69) is 0 Å². The molecule has 2 N–H and O–H groups in total. The Bertz CT molecular complexity index is 84.2. The minimum absolute atomic E-state index is 0.199. The van der Waals surface area contributed by atoms with E-state index < -0.39 is 0 Å². The van der Waals surface area contributed by atoms with Crippen LogP contribution in [0.15, 0.2) is 0 Å². The fraction of sp³-hybridized carbons (Fsp3) is 0.750. The fourth-order valence-corrected chi connectivity index (χ4v) is 0. The molecule has 0 aliphatic carbocycles. The minimum atomic E-state index is -0.231. The molecule has 0 aromatic carbocycles. The van der Waals surface area contributed by atoms with E-state index in [1.165, 1.54) is 0 Å². The first kappa shape index (κ1) is 7.57. The Morgan fingerprint density at radius 3 is 1.86 bits per heavy atom. The van der Waals surface area contributed by atoms with Gasteiger partial charge in [-0.15, -0.1) is 0 Å². The monoisotopic (exact) mass is 175 g/mol. The van der Waals surface area contributed by atoms with E-state index in [4.69, 9.17) is 5.73 Å². The average Bonchev–Trinajstić information content (AvgIpc) is 1.31. The van der Waals surface area contributed by atoms with Crippen LogP contribution in [-0.4, -0.2) is 5.91 Å². The second kappa shape index (κ2) is 2.23. The molecule has 0 atom stereocenters. The van der Waals surface area contributed by atoms with Crippen LogP contribution in [-0.2, 0) is 35.7 Å². The number of primary amides is 1. The molecular formula is C4H8NOY. The van der Waals surface area contributed by atoms with Crippen molar-refractivity contribution >= 4 is 5.91 Å². The van der Waals surface area contributed by atoms with Crippen LogP contribution in [0.1, 0.15) is 13.8 Å². The van der Waals surface area contributed by atoms with Gasteiger partial charge in [-0.05, 0) is 0 Å². The molecule has 0 radical (unpaired) electrons. The third-order valence-corrected chi connectivity index (χ3v) is 1.33. The molecule has 0 saturated carbocycles. The number of carbonyl (C=O) groups is 1. The molecule has 38 valence electrons. The molecule has 0 bridgehead atoms. The van der Waals surface area contributed by atoms with Gasteiger partial charge in [-0.2, -0.15) is 0 Å². The number of amides is 1. The first-order valence-electron chi connectivity index (χ1n) is 2.03. The van der Waals surface area contributed by atoms with Gasteiger partial charge in [0.25, 0.3) is 0 Å². The van der Waals surface area contributed by atoms with Crippen LogP contribution in [0, 0.1) is 0 Å². The summed E-state index contributed by atoms with van der Waals surface area (Å²) in [5.41, 5.74) is 4.96. The van der Waals surface area contributed by atoms with E-state index in [1.54, 1.807) is 0 Å². The molecule has 0 rings (SSSR count). The first-order chi connectivity index (χ1) is 2.94. The maximum atomic E-state index is 10.3. The predicted molar refractivity (Wildman–Crippen MR) is 23.2 cm³/mol. The molecule has 0 aromatic rings. The molecule has 0 unspecified atom stereocenters. The summed E-state index contributed by atoms with van der Waals surface area (Å²) in [6.07, 6.45) is 0. The Balaban J connectivity index is 3.79.